The average Bonchev–Trinajstić information content (AvgIpc) is 2.71. The molecule has 0 heterocycles. The highest BCUT2D eigenvalue weighted by Crippen LogP contribution is 2.26. The van der Waals surface area contributed by atoms with Crippen LogP contribution in [-0.2, 0) is 0 Å². The molecule has 0 atom stereocenters. The van der Waals surface area contributed by atoms with Crippen LogP contribution in [0.15, 0.2) is 125 Å². The molecule has 128 valence electrons. The predicted molar refractivity (Wildman–Crippen MR) is 113 cm³/mol. The van der Waals surface area contributed by atoms with Gasteiger partial charge in [0.2, 0.25) is 0 Å². The van der Waals surface area contributed by atoms with E-state index in [4.69, 9.17) is 5.73 Å². The number of hydrogen-bond acceptors (Lipinski definition) is 2. The van der Waals surface area contributed by atoms with E-state index in [0.717, 1.165) is 11.3 Å². The van der Waals surface area contributed by atoms with E-state index in [2.05, 4.69) is 60.7 Å². The number of rotatable bonds is 3. The lowest BCUT2D eigenvalue weighted by molar-refractivity contribution is 1.41. The Bertz CT molecular complexity index is 869. The Hall–Kier alpha value is -2.97. The van der Waals surface area contributed by atoms with Gasteiger partial charge in [0.05, 0.1) is 0 Å². The lowest BCUT2D eigenvalue weighted by atomic mass is 10.0. The molecule has 0 spiro atoms. The Morgan fingerprint density at radius 1 is 0.462 bits per heavy atom. The maximum atomic E-state index is 5.85. The highest BCUT2D eigenvalue weighted by molar-refractivity contribution is 7.99. The van der Waals surface area contributed by atoms with Gasteiger partial charge in [0.1, 0.15) is 0 Å². The molecule has 0 radical (unpaired) electrons. The largest absolute Gasteiger partial charge is 0.398 e. The van der Waals surface area contributed by atoms with Gasteiger partial charge in [-0.2, -0.15) is 0 Å². The van der Waals surface area contributed by atoms with Crippen molar-refractivity contribution >= 4 is 17.4 Å². The molecule has 4 aromatic carbocycles. The first-order chi connectivity index (χ1) is 12.8. The van der Waals surface area contributed by atoms with Gasteiger partial charge in [-0.1, -0.05) is 96.7 Å². The summed E-state index contributed by atoms with van der Waals surface area (Å²) in [5.74, 6) is 0. The Balaban J connectivity index is 0.000000151. The van der Waals surface area contributed by atoms with E-state index < -0.39 is 0 Å². The molecule has 26 heavy (non-hydrogen) atoms. The summed E-state index contributed by atoms with van der Waals surface area (Å²) in [5, 5.41) is 0. The summed E-state index contributed by atoms with van der Waals surface area (Å²) in [6.07, 6.45) is 0. The molecule has 0 aliphatic carbocycles. The standard InChI is InChI=1S/C12H11N.C12H10S/c13-12-9-5-4-8-11(12)10-6-2-1-3-7-10;1-3-7-11(8-4-1)13-12-9-5-2-6-10-12/h1-9H,13H2;1-10H. The summed E-state index contributed by atoms with van der Waals surface area (Å²) < 4.78 is 0. The van der Waals surface area contributed by atoms with Gasteiger partial charge in [0.15, 0.2) is 0 Å². The van der Waals surface area contributed by atoms with E-state index in [1.54, 1.807) is 11.8 Å². The fourth-order valence-corrected chi connectivity index (χ4v) is 3.35. The number of anilines is 1. The smallest absolute Gasteiger partial charge is 0.0393 e. The van der Waals surface area contributed by atoms with Crippen molar-refractivity contribution in [3.05, 3.63) is 115 Å². The van der Waals surface area contributed by atoms with Crippen molar-refractivity contribution in [1.29, 1.82) is 0 Å². The Kier molecular flexibility index (Phi) is 6.52. The monoisotopic (exact) mass is 355 g/mol. The molecule has 0 aromatic heterocycles. The van der Waals surface area contributed by atoms with Crippen molar-refractivity contribution in [3.8, 4) is 11.1 Å². The molecule has 4 aromatic rings. The molecular weight excluding hydrogens is 334 g/mol. The molecule has 0 aliphatic heterocycles. The first kappa shape index (κ1) is 17.8. The molecule has 0 bridgehead atoms. The summed E-state index contributed by atoms with van der Waals surface area (Å²) in [6.45, 7) is 0. The highest BCUT2D eigenvalue weighted by atomic mass is 32.2. The van der Waals surface area contributed by atoms with Crippen LogP contribution in [0.3, 0.4) is 0 Å². The molecule has 0 saturated heterocycles. The van der Waals surface area contributed by atoms with Gasteiger partial charge in [-0.25, -0.2) is 0 Å². The summed E-state index contributed by atoms with van der Waals surface area (Å²) in [5.41, 5.74) is 8.95. The van der Waals surface area contributed by atoms with E-state index in [0.29, 0.717) is 0 Å². The van der Waals surface area contributed by atoms with Crippen molar-refractivity contribution in [2.75, 3.05) is 5.73 Å². The van der Waals surface area contributed by atoms with Gasteiger partial charge in [0.25, 0.3) is 0 Å². The van der Waals surface area contributed by atoms with Gasteiger partial charge >= 0.3 is 0 Å². The van der Waals surface area contributed by atoms with Crippen LogP contribution in [0, 0.1) is 0 Å². The van der Waals surface area contributed by atoms with E-state index in [1.165, 1.54) is 15.4 Å². The van der Waals surface area contributed by atoms with Gasteiger partial charge in [-0.3, -0.25) is 0 Å². The van der Waals surface area contributed by atoms with E-state index >= 15 is 0 Å². The highest BCUT2D eigenvalue weighted by Gasteiger charge is 1.98. The molecule has 4 rings (SSSR count). The zero-order chi connectivity index (χ0) is 18.0. The third kappa shape index (κ3) is 5.27. The Morgan fingerprint density at radius 2 is 0.885 bits per heavy atom. The van der Waals surface area contributed by atoms with Crippen LogP contribution in [0.5, 0.6) is 0 Å². The Labute approximate surface area is 159 Å². The second-order valence-electron chi connectivity index (χ2n) is 5.68. The fourth-order valence-electron chi connectivity index (χ4n) is 2.49. The van der Waals surface area contributed by atoms with Gasteiger partial charge in [-0.15, -0.1) is 0 Å². The number of nitrogen functional groups attached to an aromatic ring is 1. The second kappa shape index (κ2) is 9.50. The minimum absolute atomic E-state index is 0.828. The normalized spacial score (nSPS) is 9.85. The van der Waals surface area contributed by atoms with Crippen LogP contribution >= 0.6 is 11.8 Å². The average molecular weight is 356 g/mol. The summed E-state index contributed by atoms with van der Waals surface area (Å²) in [4.78, 5) is 2.57. The SMILES string of the molecule is Nc1ccccc1-c1ccccc1.c1ccc(Sc2ccccc2)cc1. The minimum Gasteiger partial charge on any atom is -0.398 e. The molecule has 0 fully saturated rings. The summed E-state index contributed by atoms with van der Waals surface area (Å²) in [7, 11) is 0. The molecule has 0 saturated carbocycles. The number of nitrogens with two attached hydrogens (primary N) is 1. The lowest BCUT2D eigenvalue weighted by Gasteiger charge is -2.03. The topological polar surface area (TPSA) is 26.0 Å². The lowest BCUT2D eigenvalue weighted by Crippen LogP contribution is -1.88. The van der Waals surface area contributed by atoms with Crippen molar-refractivity contribution < 1.29 is 0 Å². The van der Waals surface area contributed by atoms with Crippen molar-refractivity contribution in [2.45, 2.75) is 9.79 Å². The van der Waals surface area contributed by atoms with Crippen LogP contribution in [-0.4, -0.2) is 0 Å². The van der Waals surface area contributed by atoms with Gasteiger partial charge in [-0.05, 0) is 35.9 Å². The van der Waals surface area contributed by atoms with Crippen molar-refractivity contribution in [3.63, 3.8) is 0 Å². The van der Waals surface area contributed by atoms with Crippen LogP contribution in [0.25, 0.3) is 11.1 Å². The van der Waals surface area contributed by atoms with Crippen LogP contribution in [0.2, 0.25) is 0 Å². The summed E-state index contributed by atoms with van der Waals surface area (Å²) in [6, 6.07) is 38.9. The third-order valence-corrected chi connectivity index (χ3v) is 4.78. The quantitative estimate of drug-likeness (QED) is 0.410. The van der Waals surface area contributed by atoms with E-state index in [1.807, 2.05) is 54.6 Å². The number of hydrogen-bond donors (Lipinski definition) is 1. The zero-order valence-electron chi connectivity index (χ0n) is 14.5. The maximum absolute atomic E-state index is 5.85. The van der Waals surface area contributed by atoms with Gasteiger partial charge < -0.3 is 5.73 Å². The third-order valence-electron chi connectivity index (χ3n) is 3.77. The fraction of sp³-hybridized carbons (Fsp3) is 0. The molecule has 1 nitrogen and oxygen atoms in total. The molecule has 2 N–H and O–H groups in total. The molecule has 0 amide bonds. The predicted octanol–water partition coefficient (Wildman–Crippen LogP) is 6.77. The molecule has 0 aliphatic rings. The zero-order valence-corrected chi connectivity index (χ0v) is 15.3. The molecular formula is C24H21NS. The van der Waals surface area contributed by atoms with Crippen LogP contribution in [0.4, 0.5) is 5.69 Å². The maximum Gasteiger partial charge on any atom is 0.0393 e. The second-order valence-corrected chi connectivity index (χ2v) is 6.83. The summed E-state index contributed by atoms with van der Waals surface area (Å²) >= 11 is 1.79. The first-order valence-electron chi connectivity index (χ1n) is 8.51. The van der Waals surface area contributed by atoms with Crippen molar-refractivity contribution in [1.82, 2.24) is 0 Å². The van der Waals surface area contributed by atoms with E-state index in [9.17, 15) is 0 Å². The van der Waals surface area contributed by atoms with Crippen LogP contribution in [0.1, 0.15) is 0 Å². The number of para-hydroxylation sites is 1. The Morgan fingerprint density at radius 3 is 1.38 bits per heavy atom. The minimum atomic E-state index is 0.828. The number of benzene rings is 4. The van der Waals surface area contributed by atoms with Crippen LogP contribution < -0.4 is 5.73 Å². The van der Waals surface area contributed by atoms with E-state index in [-0.39, 0.29) is 0 Å². The van der Waals surface area contributed by atoms with Gasteiger partial charge in [0, 0.05) is 21.0 Å². The molecule has 2 heteroatoms. The van der Waals surface area contributed by atoms with Crippen molar-refractivity contribution in [2.24, 2.45) is 0 Å². The first-order valence-corrected chi connectivity index (χ1v) is 9.32. The molecule has 0 unspecified atom stereocenters.